The highest BCUT2D eigenvalue weighted by Gasteiger charge is 2.24. The van der Waals surface area contributed by atoms with Gasteiger partial charge in [0.2, 0.25) is 5.89 Å². The lowest BCUT2D eigenvalue weighted by Gasteiger charge is -2.13. The summed E-state index contributed by atoms with van der Waals surface area (Å²) < 4.78 is 10.8. The van der Waals surface area contributed by atoms with Crippen molar-refractivity contribution in [1.82, 2.24) is 4.98 Å². The van der Waals surface area contributed by atoms with Gasteiger partial charge in [-0.1, -0.05) is 35.9 Å². The summed E-state index contributed by atoms with van der Waals surface area (Å²) in [4.78, 5) is 28.9. The van der Waals surface area contributed by atoms with Crippen LogP contribution < -0.4 is 5.32 Å². The molecule has 0 aliphatic rings. The molecule has 0 aliphatic carbocycles. The van der Waals surface area contributed by atoms with Crippen LogP contribution in [0.25, 0.3) is 11.5 Å². The average molecular weight is 364 g/mol. The van der Waals surface area contributed by atoms with E-state index in [9.17, 15) is 9.59 Å². The van der Waals surface area contributed by atoms with Crippen molar-refractivity contribution in [2.24, 2.45) is 0 Å². The zero-order chi connectivity index (χ0) is 19.4. The molecule has 3 rings (SSSR count). The lowest BCUT2D eigenvalue weighted by Crippen LogP contribution is -2.30. The summed E-state index contributed by atoms with van der Waals surface area (Å²) in [7, 11) is 0. The topological polar surface area (TPSA) is 81.4 Å². The van der Waals surface area contributed by atoms with Gasteiger partial charge in [-0.25, -0.2) is 9.78 Å². The lowest BCUT2D eigenvalue weighted by atomic mass is 10.2. The number of hydrogen-bond donors (Lipinski definition) is 1. The van der Waals surface area contributed by atoms with Crippen LogP contribution in [0.1, 0.15) is 28.7 Å². The molecule has 0 spiro atoms. The fourth-order valence-electron chi connectivity index (χ4n) is 2.44. The monoisotopic (exact) mass is 364 g/mol. The summed E-state index contributed by atoms with van der Waals surface area (Å²) >= 11 is 0. The first-order chi connectivity index (χ1) is 12.9. The van der Waals surface area contributed by atoms with Gasteiger partial charge in [-0.05, 0) is 45.0 Å². The molecule has 0 aliphatic heterocycles. The number of ether oxygens (including phenoxy) is 1. The smallest absolute Gasteiger partial charge is 0.361 e. The van der Waals surface area contributed by atoms with Crippen LogP contribution in [0.5, 0.6) is 0 Å². The first-order valence-corrected chi connectivity index (χ1v) is 8.55. The van der Waals surface area contributed by atoms with Crippen LogP contribution in [0.15, 0.2) is 59.0 Å². The number of nitrogens with zero attached hydrogens (tertiary/aromatic N) is 1. The molecular weight excluding hydrogens is 344 g/mol. The van der Waals surface area contributed by atoms with Gasteiger partial charge in [0.1, 0.15) is 5.76 Å². The summed E-state index contributed by atoms with van der Waals surface area (Å²) in [6.07, 6.45) is -0.977. The second-order valence-electron chi connectivity index (χ2n) is 6.19. The molecule has 1 aromatic heterocycles. The number of amides is 1. The molecule has 6 nitrogen and oxygen atoms in total. The Labute approximate surface area is 157 Å². The molecule has 3 aromatic rings. The number of aromatic nitrogens is 1. The largest absolute Gasteiger partial charge is 0.448 e. The summed E-state index contributed by atoms with van der Waals surface area (Å²) in [5.74, 6) is -0.455. The van der Waals surface area contributed by atoms with Gasteiger partial charge in [-0.2, -0.15) is 0 Å². The molecule has 1 N–H and O–H groups in total. The molecule has 138 valence electrons. The van der Waals surface area contributed by atoms with E-state index in [-0.39, 0.29) is 5.69 Å². The third kappa shape index (κ3) is 4.41. The normalized spacial score (nSPS) is 11.7. The summed E-state index contributed by atoms with van der Waals surface area (Å²) in [6.45, 7) is 5.10. The maximum Gasteiger partial charge on any atom is 0.361 e. The van der Waals surface area contributed by atoms with Gasteiger partial charge < -0.3 is 14.5 Å². The highest BCUT2D eigenvalue weighted by atomic mass is 16.5. The number of anilines is 1. The number of esters is 1. The van der Waals surface area contributed by atoms with Crippen LogP contribution >= 0.6 is 0 Å². The number of oxazole rings is 1. The minimum absolute atomic E-state index is 0.0591. The zero-order valence-corrected chi connectivity index (χ0v) is 15.4. The Hall–Kier alpha value is -3.41. The Kier molecular flexibility index (Phi) is 5.35. The molecule has 0 unspecified atom stereocenters. The number of rotatable bonds is 5. The van der Waals surface area contributed by atoms with Gasteiger partial charge in [-0.3, -0.25) is 4.79 Å². The molecule has 0 saturated heterocycles. The van der Waals surface area contributed by atoms with E-state index < -0.39 is 18.0 Å². The molecule has 6 heteroatoms. The van der Waals surface area contributed by atoms with E-state index in [2.05, 4.69) is 10.3 Å². The second-order valence-corrected chi connectivity index (χ2v) is 6.19. The van der Waals surface area contributed by atoms with E-state index in [1.165, 1.54) is 6.92 Å². The molecule has 0 fully saturated rings. The average Bonchev–Trinajstić information content (AvgIpc) is 3.06. The SMILES string of the molecule is Cc1ccc(NC(=O)[C@@H](C)OC(=O)c2nc(-c3ccccc3)oc2C)cc1. The van der Waals surface area contributed by atoms with Crippen LogP contribution in [-0.2, 0) is 9.53 Å². The predicted molar refractivity (Wildman–Crippen MR) is 101 cm³/mol. The summed E-state index contributed by atoms with van der Waals surface area (Å²) in [5.41, 5.74) is 2.54. The second kappa shape index (κ2) is 7.86. The molecule has 1 amide bonds. The number of carbonyl (C=O) groups is 2. The van der Waals surface area contributed by atoms with Crippen molar-refractivity contribution in [3.63, 3.8) is 0 Å². The number of hydrogen-bond acceptors (Lipinski definition) is 5. The first kappa shape index (κ1) is 18.4. The standard InChI is InChI=1S/C21H20N2O4/c1-13-9-11-17(12-10-13)22-19(24)15(3)27-21(25)18-14(2)26-20(23-18)16-7-5-4-6-8-16/h4-12,15H,1-3H3,(H,22,24)/t15-/m1/s1. The number of carbonyl (C=O) groups excluding carboxylic acids is 2. The van der Waals surface area contributed by atoms with E-state index in [1.807, 2.05) is 49.4 Å². The lowest BCUT2D eigenvalue weighted by molar-refractivity contribution is -0.123. The van der Waals surface area contributed by atoms with E-state index in [0.29, 0.717) is 17.3 Å². The minimum atomic E-state index is -0.977. The highest BCUT2D eigenvalue weighted by Crippen LogP contribution is 2.22. The first-order valence-electron chi connectivity index (χ1n) is 8.55. The molecule has 1 heterocycles. The minimum Gasteiger partial charge on any atom is -0.448 e. The molecule has 0 radical (unpaired) electrons. The number of aryl methyl sites for hydroxylation is 2. The maximum absolute atomic E-state index is 12.4. The van der Waals surface area contributed by atoms with Crippen molar-refractivity contribution in [1.29, 1.82) is 0 Å². The summed E-state index contributed by atoms with van der Waals surface area (Å²) in [6, 6.07) is 16.6. The molecule has 1 atom stereocenters. The van der Waals surface area contributed by atoms with Crippen molar-refractivity contribution in [3.8, 4) is 11.5 Å². The number of benzene rings is 2. The van der Waals surface area contributed by atoms with E-state index in [0.717, 1.165) is 11.1 Å². The zero-order valence-electron chi connectivity index (χ0n) is 15.4. The maximum atomic E-state index is 12.4. The number of nitrogens with one attached hydrogen (secondary N) is 1. The van der Waals surface area contributed by atoms with Gasteiger partial charge in [0, 0.05) is 11.3 Å². The van der Waals surface area contributed by atoms with Crippen molar-refractivity contribution in [3.05, 3.63) is 71.6 Å². The Morgan fingerprint density at radius 1 is 1.04 bits per heavy atom. The molecule has 0 saturated carbocycles. The Bertz CT molecular complexity index is 946. The summed E-state index contributed by atoms with van der Waals surface area (Å²) in [5, 5.41) is 2.71. The fraction of sp³-hybridized carbons (Fsp3) is 0.190. The third-order valence-electron chi connectivity index (χ3n) is 3.98. The van der Waals surface area contributed by atoms with Crippen LogP contribution in [0.3, 0.4) is 0 Å². The van der Waals surface area contributed by atoms with E-state index in [1.54, 1.807) is 19.1 Å². The quantitative estimate of drug-likeness (QED) is 0.688. The van der Waals surface area contributed by atoms with Gasteiger partial charge in [0.05, 0.1) is 0 Å². The van der Waals surface area contributed by atoms with Crippen LogP contribution in [0, 0.1) is 13.8 Å². The van der Waals surface area contributed by atoms with Crippen molar-refractivity contribution < 1.29 is 18.7 Å². The van der Waals surface area contributed by atoms with E-state index in [4.69, 9.17) is 9.15 Å². The van der Waals surface area contributed by atoms with E-state index >= 15 is 0 Å². The Balaban J connectivity index is 1.67. The fourth-order valence-corrected chi connectivity index (χ4v) is 2.44. The molecule has 27 heavy (non-hydrogen) atoms. The molecular formula is C21H20N2O4. The van der Waals surface area contributed by atoms with Crippen LogP contribution in [0.4, 0.5) is 5.69 Å². The van der Waals surface area contributed by atoms with Gasteiger partial charge in [0.25, 0.3) is 5.91 Å². The molecule has 2 aromatic carbocycles. The Morgan fingerprint density at radius 3 is 2.37 bits per heavy atom. The predicted octanol–water partition coefficient (Wildman–Crippen LogP) is 4.14. The van der Waals surface area contributed by atoms with Crippen molar-refractivity contribution in [2.45, 2.75) is 26.9 Å². The highest BCUT2D eigenvalue weighted by molar-refractivity contribution is 5.97. The van der Waals surface area contributed by atoms with Gasteiger partial charge in [-0.15, -0.1) is 0 Å². The third-order valence-corrected chi connectivity index (χ3v) is 3.98. The molecule has 0 bridgehead atoms. The van der Waals surface area contributed by atoms with Gasteiger partial charge >= 0.3 is 5.97 Å². The van der Waals surface area contributed by atoms with Crippen LogP contribution in [0.2, 0.25) is 0 Å². The van der Waals surface area contributed by atoms with Crippen LogP contribution in [-0.4, -0.2) is 23.0 Å². The Morgan fingerprint density at radius 2 is 1.70 bits per heavy atom. The van der Waals surface area contributed by atoms with Crippen molar-refractivity contribution >= 4 is 17.6 Å². The van der Waals surface area contributed by atoms with Gasteiger partial charge in [0.15, 0.2) is 11.8 Å². The van der Waals surface area contributed by atoms with Crippen molar-refractivity contribution in [2.75, 3.05) is 5.32 Å².